The Morgan fingerprint density at radius 1 is 1.35 bits per heavy atom. The van der Waals surface area contributed by atoms with Gasteiger partial charge in [-0.25, -0.2) is 13.1 Å². The number of sulfonamides is 1. The third-order valence-corrected chi connectivity index (χ3v) is 6.26. The Kier molecular flexibility index (Phi) is 5.00. The van der Waals surface area contributed by atoms with Crippen molar-refractivity contribution in [1.29, 1.82) is 0 Å². The highest BCUT2D eigenvalue weighted by molar-refractivity contribution is 7.89. The van der Waals surface area contributed by atoms with E-state index in [0.717, 1.165) is 32.1 Å². The Bertz CT molecular complexity index is 907. The van der Waals surface area contributed by atoms with Gasteiger partial charge in [0, 0.05) is 11.6 Å². The van der Waals surface area contributed by atoms with Gasteiger partial charge in [0.15, 0.2) is 5.82 Å². The number of halogens is 1. The molecule has 2 aromatic rings. The fourth-order valence-electron chi connectivity index (χ4n) is 2.83. The minimum atomic E-state index is -3.67. The molecule has 2 saturated carbocycles. The van der Waals surface area contributed by atoms with Gasteiger partial charge >= 0.3 is 0 Å². The van der Waals surface area contributed by atoms with Gasteiger partial charge in [0.05, 0.1) is 12.6 Å². The van der Waals surface area contributed by atoms with Crippen molar-refractivity contribution in [3.8, 4) is 17.2 Å². The van der Waals surface area contributed by atoms with Crippen LogP contribution in [0.4, 0.5) is 0 Å². The molecule has 0 saturated heterocycles. The largest absolute Gasteiger partial charge is 0.495 e. The minimum Gasteiger partial charge on any atom is -0.495 e. The van der Waals surface area contributed by atoms with Crippen LogP contribution in [0.5, 0.6) is 5.75 Å². The number of hydrogen-bond donors (Lipinski definition) is 2. The molecule has 1 aromatic carbocycles. The molecular formula is C16H21ClN4O4S. The standard InChI is InChI=1S/C16H20N4O4S.ClH/c1-23-12-6-3-10(9-13(12)25(21,22)20-11-4-5-11)14-18-15(19-24-14)16(17)7-2-8-16;/h3,6,9,11,20H,2,4-5,7-8,17H2,1H3;1H. The molecule has 0 unspecified atom stereocenters. The van der Waals surface area contributed by atoms with Gasteiger partial charge in [0.1, 0.15) is 10.6 Å². The summed E-state index contributed by atoms with van der Waals surface area (Å²) in [7, 11) is -2.24. The van der Waals surface area contributed by atoms with Crippen molar-refractivity contribution >= 4 is 22.4 Å². The van der Waals surface area contributed by atoms with Crippen molar-refractivity contribution < 1.29 is 17.7 Å². The van der Waals surface area contributed by atoms with Crippen LogP contribution < -0.4 is 15.2 Å². The molecule has 0 atom stereocenters. The molecule has 26 heavy (non-hydrogen) atoms. The van der Waals surface area contributed by atoms with Gasteiger partial charge in [0.25, 0.3) is 5.89 Å². The first-order valence-corrected chi connectivity index (χ1v) is 9.73. The Morgan fingerprint density at radius 2 is 2.08 bits per heavy atom. The lowest BCUT2D eigenvalue weighted by Crippen LogP contribution is -2.44. The molecule has 0 spiro atoms. The van der Waals surface area contributed by atoms with E-state index in [9.17, 15) is 8.42 Å². The van der Waals surface area contributed by atoms with E-state index < -0.39 is 15.6 Å². The van der Waals surface area contributed by atoms with Crippen molar-refractivity contribution in [2.45, 2.75) is 48.6 Å². The molecule has 2 fully saturated rings. The lowest BCUT2D eigenvalue weighted by molar-refractivity contribution is 0.229. The lowest BCUT2D eigenvalue weighted by Gasteiger charge is -2.34. The van der Waals surface area contributed by atoms with Crippen LogP contribution in [0.25, 0.3) is 11.5 Å². The number of methoxy groups -OCH3 is 1. The van der Waals surface area contributed by atoms with Gasteiger partial charge in [-0.15, -0.1) is 12.4 Å². The molecule has 0 bridgehead atoms. The van der Waals surface area contributed by atoms with Gasteiger partial charge < -0.3 is 15.0 Å². The molecule has 10 heteroatoms. The molecule has 3 N–H and O–H groups in total. The molecule has 2 aliphatic rings. The number of nitrogens with one attached hydrogen (secondary N) is 1. The summed E-state index contributed by atoms with van der Waals surface area (Å²) in [6.45, 7) is 0. The second-order valence-corrected chi connectivity index (χ2v) is 8.38. The predicted octanol–water partition coefficient (Wildman–Crippen LogP) is 1.95. The summed E-state index contributed by atoms with van der Waals surface area (Å²) < 4.78 is 38.3. The summed E-state index contributed by atoms with van der Waals surface area (Å²) in [4.78, 5) is 4.43. The maximum atomic E-state index is 12.6. The number of benzene rings is 1. The fraction of sp³-hybridized carbons (Fsp3) is 0.500. The zero-order valence-electron chi connectivity index (χ0n) is 14.3. The predicted molar refractivity (Wildman–Crippen MR) is 96.6 cm³/mol. The average Bonchev–Trinajstić information content (AvgIpc) is 3.23. The van der Waals surface area contributed by atoms with Gasteiger partial charge in [-0.05, 0) is 50.3 Å². The third kappa shape index (κ3) is 3.44. The van der Waals surface area contributed by atoms with Crippen molar-refractivity contribution in [1.82, 2.24) is 14.9 Å². The fourth-order valence-corrected chi connectivity index (χ4v) is 4.33. The van der Waals surface area contributed by atoms with E-state index in [4.69, 9.17) is 15.0 Å². The van der Waals surface area contributed by atoms with Crippen LogP contribution in [0, 0.1) is 0 Å². The van der Waals surface area contributed by atoms with E-state index in [1.165, 1.54) is 13.2 Å². The summed E-state index contributed by atoms with van der Waals surface area (Å²) >= 11 is 0. The van der Waals surface area contributed by atoms with Crippen LogP contribution in [0.2, 0.25) is 0 Å². The summed E-state index contributed by atoms with van der Waals surface area (Å²) in [5.74, 6) is 0.980. The molecular weight excluding hydrogens is 380 g/mol. The van der Waals surface area contributed by atoms with E-state index in [1.54, 1.807) is 12.1 Å². The summed E-state index contributed by atoms with van der Waals surface area (Å²) in [5.41, 5.74) is 6.19. The summed E-state index contributed by atoms with van der Waals surface area (Å²) in [6.07, 6.45) is 4.39. The molecule has 8 nitrogen and oxygen atoms in total. The molecule has 0 aliphatic heterocycles. The summed E-state index contributed by atoms with van der Waals surface area (Å²) in [5, 5.41) is 3.97. The van der Waals surface area contributed by atoms with Crippen LogP contribution in [0.3, 0.4) is 0 Å². The highest BCUT2D eigenvalue weighted by Gasteiger charge is 2.39. The lowest BCUT2D eigenvalue weighted by atomic mass is 9.77. The van der Waals surface area contributed by atoms with Gasteiger partial charge in [-0.2, -0.15) is 4.98 Å². The Balaban J connectivity index is 0.00000196. The molecule has 1 aromatic heterocycles. The molecule has 0 radical (unpaired) electrons. The smallest absolute Gasteiger partial charge is 0.258 e. The van der Waals surface area contributed by atoms with E-state index in [-0.39, 0.29) is 35.0 Å². The normalized spacial score (nSPS) is 18.7. The molecule has 142 valence electrons. The van der Waals surface area contributed by atoms with E-state index >= 15 is 0 Å². The first-order valence-electron chi connectivity index (χ1n) is 8.25. The van der Waals surface area contributed by atoms with E-state index in [0.29, 0.717) is 11.4 Å². The van der Waals surface area contributed by atoms with E-state index in [1.807, 2.05) is 0 Å². The first-order chi connectivity index (χ1) is 11.9. The van der Waals surface area contributed by atoms with Crippen molar-refractivity contribution in [3.63, 3.8) is 0 Å². The maximum absolute atomic E-state index is 12.6. The quantitative estimate of drug-likeness (QED) is 0.760. The third-order valence-electron chi connectivity index (χ3n) is 4.72. The van der Waals surface area contributed by atoms with Gasteiger partial charge in [-0.1, -0.05) is 5.16 Å². The van der Waals surface area contributed by atoms with Crippen molar-refractivity contribution in [2.75, 3.05) is 7.11 Å². The number of rotatable bonds is 6. The zero-order valence-corrected chi connectivity index (χ0v) is 15.9. The van der Waals surface area contributed by atoms with Crippen LogP contribution in [-0.2, 0) is 15.6 Å². The highest BCUT2D eigenvalue weighted by atomic mass is 35.5. The highest BCUT2D eigenvalue weighted by Crippen LogP contribution is 2.38. The Hall–Kier alpha value is -1.68. The second-order valence-electron chi connectivity index (χ2n) is 6.69. The SMILES string of the molecule is COc1ccc(-c2nc(C3(N)CCC3)no2)cc1S(=O)(=O)NC1CC1.Cl. The van der Waals surface area contributed by atoms with Gasteiger partial charge in [0.2, 0.25) is 10.0 Å². The number of nitrogens with two attached hydrogens (primary N) is 1. The second kappa shape index (κ2) is 6.80. The number of aromatic nitrogens is 2. The maximum Gasteiger partial charge on any atom is 0.258 e. The molecule has 4 rings (SSSR count). The first kappa shape index (κ1) is 19.1. The Morgan fingerprint density at radius 3 is 2.65 bits per heavy atom. The number of nitrogens with zero attached hydrogens (tertiary/aromatic N) is 2. The van der Waals surface area contributed by atoms with Crippen LogP contribution in [-0.4, -0.2) is 31.7 Å². The molecule has 2 aliphatic carbocycles. The average molecular weight is 401 g/mol. The minimum absolute atomic E-state index is 0. The van der Waals surface area contributed by atoms with Crippen molar-refractivity contribution in [3.05, 3.63) is 24.0 Å². The van der Waals surface area contributed by atoms with E-state index in [2.05, 4.69) is 14.9 Å². The van der Waals surface area contributed by atoms with Crippen LogP contribution >= 0.6 is 12.4 Å². The molecule has 0 amide bonds. The topological polar surface area (TPSA) is 120 Å². The summed E-state index contributed by atoms with van der Waals surface area (Å²) in [6, 6.07) is 4.77. The number of ether oxygens (including phenoxy) is 1. The molecule has 1 heterocycles. The monoisotopic (exact) mass is 400 g/mol. The van der Waals surface area contributed by atoms with Crippen molar-refractivity contribution in [2.24, 2.45) is 5.73 Å². The van der Waals surface area contributed by atoms with Crippen LogP contribution in [0.15, 0.2) is 27.6 Å². The number of hydrogen-bond acceptors (Lipinski definition) is 7. The van der Waals surface area contributed by atoms with Crippen LogP contribution in [0.1, 0.15) is 37.9 Å². The zero-order chi connectivity index (χ0) is 17.7. The van der Waals surface area contributed by atoms with Gasteiger partial charge in [-0.3, -0.25) is 0 Å². The Labute approximate surface area is 157 Å².